The minimum atomic E-state index is -0.0943. The monoisotopic (exact) mass is 344 g/mol. The van der Waals surface area contributed by atoms with Crippen LogP contribution < -0.4 is 10.2 Å². The average Bonchev–Trinajstić information content (AvgIpc) is 3.30. The largest absolute Gasteiger partial charge is 0.350 e. The van der Waals surface area contributed by atoms with Crippen molar-refractivity contribution in [2.45, 2.75) is 31.2 Å². The molecule has 0 spiro atoms. The molecule has 3 amide bonds. The lowest BCUT2D eigenvalue weighted by atomic mass is 10.2. The van der Waals surface area contributed by atoms with Crippen LogP contribution in [-0.2, 0) is 4.79 Å². The third-order valence-electron chi connectivity index (χ3n) is 5.13. The fourth-order valence-corrected chi connectivity index (χ4v) is 3.48. The maximum absolute atomic E-state index is 12.2. The molecule has 1 atom stereocenters. The van der Waals surface area contributed by atoms with Gasteiger partial charge in [-0.1, -0.05) is 0 Å². The van der Waals surface area contributed by atoms with E-state index in [1.54, 1.807) is 16.8 Å². The first-order chi connectivity index (χ1) is 12.1. The molecule has 8 nitrogen and oxygen atoms in total. The van der Waals surface area contributed by atoms with Gasteiger partial charge in [-0.25, -0.2) is 14.8 Å². The number of carbonyl (C=O) groups is 2. The van der Waals surface area contributed by atoms with Gasteiger partial charge in [0.1, 0.15) is 6.54 Å². The fraction of sp³-hybridized carbons (Fsp3) is 0.647. The molecule has 25 heavy (non-hydrogen) atoms. The second-order valence-electron chi connectivity index (χ2n) is 7.18. The Morgan fingerprint density at radius 1 is 1.28 bits per heavy atom. The van der Waals surface area contributed by atoms with Crippen molar-refractivity contribution in [2.24, 2.45) is 0 Å². The third kappa shape index (κ3) is 3.52. The maximum Gasteiger partial charge on any atom is 0.320 e. The molecule has 0 bridgehead atoms. The van der Waals surface area contributed by atoms with Gasteiger partial charge in [-0.3, -0.25) is 4.79 Å². The quantitative estimate of drug-likeness (QED) is 0.837. The van der Waals surface area contributed by atoms with Gasteiger partial charge in [-0.15, -0.1) is 0 Å². The molecular weight excluding hydrogens is 320 g/mol. The second-order valence-corrected chi connectivity index (χ2v) is 7.18. The Morgan fingerprint density at radius 2 is 2.12 bits per heavy atom. The summed E-state index contributed by atoms with van der Waals surface area (Å²) in [5.74, 6) is 1.27. The molecule has 1 N–H and O–H groups in total. The predicted molar refractivity (Wildman–Crippen MR) is 92.4 cm³/mol. The van der Waals surface area contributed by atoms with Gasteiger partial charge in [-0.2, -0.15) is 0 Å². The molecule has 1 saturated carbocycles. The Bertz CT molecular complexity index is 677. The molecular formula is C17H24N6O2. The van der Waals surface area contributed by atoms with Crippen molar-refractivity contribution in [1.82, 2.24) is 25.1 Å². The molecule has 1 unspecified atom stereocenters. The van der Waals surface area contributed by atoms with Crippen LogP contribution in [0.25, 0.3) is 0 Å². The highest BCUT2D eigenvalue weighted by atomic mass is 16.2. The van der Waals surface area contributed by atoms with E-state index in [0.717, 1.165) is 24.6 Å². The van der Waals surface area contributed by atoms with Crippen molar-refractivity contribution in [3.63, 3.8) is 0 Å². The lowest BCUT2D eigenvalue weighted by molar-refractivity contribution is -0.122. The number of likely N-dealkylation sites (N-methyl/N-ethyl adjacent to an activating group) is 1. The standard InChI is InChI=1S/C17H24N6O2/c1-21-8-9-23(17(21)25)11-15(24)19-13-5-7-22(10-13)16-18-6-4-14(20-16)12-2-3-12/h4,6,12-13H,2-3,5,7-11H2,1H3,(H,19,24). The number of urea groups is 1. The molecule has 1 aromatic rings. The molecule has 3 fully saturated rings. The van der Waals surface area contributed by atoms with Crippen molar-refractivity contribution >= 4 is 17.9 Å². The van der Waals surface area contributed by atoms with Crippen molar-refractivity contribution in [2.75, 3.05) is 44.7 Å². The summed E-state index contributed by atoms with van der Waals surface area (Å²) in [4.78, 5) is 38.5. The average molecular weight is 344 g/mol. The van der Waals surface area contributed by atoms with Crippen LogP contribution in [0.4, 0.5) is 10.7 Å². The number of aromatic nitrogens is 2. The number of anilines is 1. The van der Waals surface area contributed by atoms with Crippen LogP contribution in [0.15, 0.2) is 12.3 Å². The Morgan fingerprint density at radius 3 is 2.84 bits per heavy atom. The zero-order valence-corrected chi connectivity index (χ0v) is 14.5. The zero-order valence-electron chi connectivity index (χ0n) is 14.5. The topological polar surface area (TPSA) is 81.7 Å². The van der Waals surface area contributed by atoms with E-state index in [9.17, 15) is 9.59 Å². The molecule has 134 valence electrons. The van der Waals surface area contributed by atoms with Crippen LogP contribution in [0.5, 0.6) is 0 Å². The minimum Gasteiger partial charge on any atom is -0.350 e. The third-order valence-corrected chi connectivity index (χ3v) is 5.13. The second kappa shape index (κ2) is 6.50. The first-order valence-corrected chi connectivity index (χ1v) is 8.97. The smallest absolute Gasteiger partial charge is 0.320 e. The van der Waals surface area contributed by atoms with Crippen molar-refractivity contribution in [3.8, 4) is 0 Å². The van der Waals surface area contributed by atoms with Crippen LogP contribution in [0, 0.1) is 0 Å². The van der Waals surface area contributed by atoms with Crippen LogP contribution in [0.1, 0.15) is 30.9 Å². The maximum atomic E-state index is 12.2. The van der Waals surface area contributed by atoms with Crippen LogP contribution >= 0.6 is 0 Å². The molecule has 3 aliphatic rings. The van der Waals surface area contributed by atoms with Crippen LogP contribution in [-0.4, -0.2) is 77.5 Å². The normalized spacial score (nSPS) is 23.5. The Balaban J connectivity index is 1.29. The van der Waals surface area contributed by atoms with Gasteiger partial charge in [0.15, 0.2) is 0 Å². The lowest BCUT2D eigenvalue weighted by Gasteiger charge is -2.19. The number of hydrogen-bond donors (Lipinski definition) is 1. The van der Waals surface area contributed by atoms with Gasteiger partial charge in [-0.05, 0) is 25.3 Å². The predicted octanol–water partition coefficient (Wildman–Crippen LogP) is 0.416. The first-order valence-electron chi connectivity index (χ1n) is 8.97. The van der Waals surface area contributed by atoms with E-state index in [1.807, 2.05) is 12.3 Å². The minimum absolute atomic E-state index is 0.0755. The first kappa shape index (κ1) is 16.1. The molecule has 1 aliphatic carbocycles. The van der Waals surface area contributed by atoms with Gasteiger partial charge in [0.2, 0.25) is 11.9 Å². The summed E-state index contributed by atoms with van der Waals surface area (Å²) in [6.07, 6.45) is 5.15. The summed E-state index contributed by atoms with van der Waals surface area (Å²) in [5.41, 5.74) is 1.13. The highest BCUT2D eigenvalue weighted by Gasteiger charge is 2.30. The molecule has 8 heteroatoms. The highest BCUT2D eigenvalue weighted by molar-refractivity contribution is 5.85. The fourth-order valence-electron chi connectivity index (χ4n) is 3.48. The Labute approximate surface area is 147 Å². The van der Waals surface area contributed by atoms with Gasteiger partial charge in [0.05, 0.1) is 0 Å². The summed E-state index contributed by atoms with van der Waals surface area (Å²) < 4.78 is 0. The van der Waals surface area contributed by atoms with Crippen molar-refractivity contribution in [1.29, 1.82) is 0 Å². The summed E-state index contributed by atoms with van der Waals surface area (Å²) in [7, 11) is 1.75. The van der Waals surface area contributed by atoms with Gasteiger partial charge in [0, 0.05) is 57.1 Å². The number of amides is 3. The number of carbonyl (C=O) groups excluding carboxylic acids is 2. The summed E-state index contributed by atoms with van der Waals surface area (Å²) >= 11 is 0. The highest BCUT2D eigenvalue weighted by Crippen LogP contribution is 2.39. The molecule has 2 aliphatic heterocycles. The van der Waals surface area contributed by atoms with Gasteiger partial charge < -0.3 is 20.0 Å². The number of rotatable bonds is 5. The van der Waals surface area contributed by atoms with Gasteiger partial charge in [0.25, 0.3) is 0 Å². The Kier molecular flexibility index (Phi) is 4.19. The van der Waals surface area contributed by atoms with Crippen molar-refractivity contribution in [3.05, 3.63) is 18.0 Å². The van der Waals surface area contributed by atoms with Crippen LogP contribution in [0.2, 0.25) is 0 Å². The Hall–Kier alpha value is -2.38. The molecule has 0 aromatic carbocycles. The number of nitrogens with one attached hydrogen (secondary N) is 1. The lowest BCUT2D eigenvalue weighted by Crippen LogP contribution is -2.44. The van der Waals surface area contributed by atoms with E-state index in [1.165, 1.54) is 12.8 Å². The molecule has 3 heterocycles. The van der Waals surface area contributed by atoms with E-state index in [0.29, 0.717) is 25.6 Å². The van der Waals surface area contributed by atoms with E-state index in [4.69, 9.17) is 0 Å². The molecule has 4 rings (SSSR count). The van der Waals surface area contributed by atoms with Gasteiger partial charge >= 0.3 is 6.03 Å². The summed E-state index contributed by atoms with van der Waals surface area (Å²) in [6.45, 7) is 2.98. The molecule has 0 radical (unpaired) electrons. The number of nitrogens with zero attached hydrogens (tertiary/aromatic N) is 5. The van der Waals surface area contributed by atoms with E-state index < -0.39 is 0 Å². The van der Waals surface area contributed by atoms with E-state index in [2.05, 4.69) is 20.2 Å². The number of hydrogen-bond acceptors (Lipinski definition) is 5. The van der Waals surface area contributed by atoms with E-state index >= 15 is 0 Å². The van der Waals surface area contributed by atoms with Crippen molar-refractivity contribution < 1.29 is 9.59 Å². The SMILES string of the molecule is CN1CCN(CC(=O)NC2CCN(c3nccc(C4CC4)n3)C2)C1=O. The van der Waals surface area contributed by atoms with E-state index in [-0.39, 0.29) is 24.5 Å². The molecule has 1 aromatic heterocycles. The summed E-state index contributed by atoms with van der Waals surface area (Å²) in [6, 6.07) is 2.00. The zero-order chi connectivity index (χ0) is 17.4. The molecule has 2 saturated heterocycles. The van der Waals surface area contributed by atoms with Crippen LogP contribution in [0.3, 0.4) is 0 Å². The summed E-state index contributed by atoms with van der Waals surface area (Å²) in [5, 5.41) is 3.04.